The fourth-order valence-corrected chi connectivity index (χ4v) is 2.17. The molecule has 0 aliphatic heterocycles. The van der Waals surface area contributed by atoms with Gasteiger partial charge >= 0.3 is 5.97 Å². The Balaban J connectivity index is 2.48. The molecule has 0 fully saturated rings. The van der Waals surface area contributed by atoms with E-state index in [1.165, 1.54) is 12.3 Å². The maximum Gasteiger partial charge on any atom is 0.328 e. The number of hydrogen-bond acceptors (Lipinski definition) is 6. The van der Waals surface area contributed by atoms with Crippen molar-refractivity contribution in [2.45, 2.75) is 32.4 Å². The van der Waals surface area contributed by atoms with Crippen molar-refractivity contribution >= 4 is 29.5 Å². The Morgan fingerprint density at radius 2 is 2.09 bits per heavy atom. The first-order chi connectivity index (χ1) is 10.9. The monoisotopic (exact) mass is 342 g/mol. The molecular formula is C15H22N2O5S. The van der Waals surface area contributed by atoms with Crippen molar-refractivity contribution in [1.29, 1.82) is 0 Å². The molecule has 0 bridgehead atoms. The van der Waals surface area contributed by atoms with Crippen LogP contribution in [0.3, 0.4) is 0 Å². The molecule has 1 atom stereocenters. The molecule has 1 aromatic heterocycles. The van der Waals surface area contributed by atoms with Gasteiger partial charge in [0.05, 0.1) is 18.9 Å². The second kappa shape index (κ2) is 9.94. The molecule has 7 nitrogen and oxygen atoms in total. The summed E-state index contributed by atoms with van der Waals surface area (Å²) in [5, 5.41) is 5.01. The Bertz CT molecular complexity index is 516. The van der Waals surface area contributed by atoms with E-state index >= 15 is 0 Å². The Kier molecular flexibility index (Phi) is 8.25. The molecular weight excluding hydrogens is 320 g/mol. The van der Waals surface area contributed by atoms with Crippen molar-refractivity contribution < 1.29 is 23.5 Å². The van der Waals surface area contributed by atoms with Crippen LogP contribution in [0.2, 0.25) is 0 Å². The fourth-order valence-electron chi connectivity index (χ4n) is 1.70. The molecule has 1 heterocycles. The van der Waals surface area contributed by atoms with Crippen molar-refractivity contribution in [2.75, 3.05) is 18.6 Å². The van der Waals surface area contributed by atoms with Crippen LogP contribution in [-0.2, 0) is 14.3 Å². The number of hydrogen-bond donors (Lipinski definition) is 2. The van der Waals surface area contributed by atoms with Gasteiger partial charge in [-0.3, -0.25) is 9.59 Å². The van der Waals surface area contributed by atoms with E-state index in [4.69, 9.17) is 9.15 Å². The molecule has 1 aromatic rings. The lowest BCUT2D eigenvalue weighted by Gasteiger charge is -2.19. The lowest BCUT2D eigenvalue weighted by atomic mass is 10.2. The predicted molar refractivity (Wildman–Crippen MR) is 87.2 cm³/mol. The summed E-state index contributed by atoms with van der Waals surface area (Å²) in [4.78, 5) is 35.5. The van der Waals surface area contributed by atoms with Gasteiger partial charge in [0.2, 0.25) is 5.91 Å². The SMILES string of the molecule is CSCCC(NC(=O)CNC(=O)c1ccco1)C(=O)OC(C)C. The molecule has 0 aromatic carbocycles. The molecule has 23 heavy (non-hydrogen) atoms. The second-order valence-corrected chi connectivity index (χ2v) is 6.03. The summed E-state index contributed by atoms with van der Waals surface area (Å²) >= 11 is 1.57. The summed E-state index contributed by atoms with van der Waals surface area (Å²) in [5.41, 5.74) is 0. The summed E-state index contributed by atoms with van der Waals surface area (Å²) < 4.78 is 10.1. The average Bonchev–Trinajstić information content (AvgIpc) is 3.02. The Hall–Kier alpha value is -1.96. The summed E-state index contributed by atoms with van der Waals surface area (Å²) in [6, 6.07) is 2.35. The highest BCUT2D eigenvalue weighted by atomic mass is 32.2. The molecule has 1 rings (SSSR count). The molecule has 0 spiro atoms. The molecule has 2 amide bonds. The minimum absolute atomic E-state index is 0.121. The summed E-state index contributed by atoms with van der Waals surface area (Å²) in [7, 11) is 0. The molecule has 1 unspecified atom stereocenters. The van der Waals surface area contributed by atoms with Gasteiger partial charge < -0.3 is 19.8 Å². The standard InChI is InChI=1S/C15H22N2O5S/c1-10(2)22-15(20)11(6-8-23-3)17-13(18)9-16-14(19)12-5-4-7-21-12/h4-5,7,10-11H,6,8-9H2,1-3H3,(H,16,19)(H,17,18). The van der Waals surface area contributed by atoms with Gasteiger partial charge in [0.15, 0.2) is 5.76 Å². The van der Waals surface area contributed by atoms with E-state index in [0.717, 1.165) is 0 Å². The molecule has 2 N–H and O–H groups in total. The van der Waals surface area contributed by atoms with Crippen LogP contribution < -0.4 is 10.6 Å². The van der Waals surface area contributed by atoms with Crippen molar-refractivity contribution in [3.8, 4) is 0 Å². The molecule has 0 aliphatic rings. The smallest absolute Gasteiger partial charge is 0.328 e. The number of thioether (sulfide) groups is 1. The third-order valence-corrected chi connectivity index (χ3v) is 3.38. The number of ether oxygens (including phenoxy) is 1. The van der Waals surface area contributed by atoms with E-state index in [1.54, 1.807) is 31.7 Å². The lowest BCUT2D eigenvalue weighted by molar-refractivity contribution is -0.151. The largest absolute Gasteiger partial charge is 0.461 e. The van der Waals surface area contributed by atoms with Gasteiger partial charge in [-0.1, -0.05) is 0 Å². The molecule has 0 aliphatic carbocycles. The van der Waals surface area contributed by atoms with Crippen molar-refractivity contribution in [2.24, 2.45) is 0 Å². The number of furan rings is 1. The van der Waals surface area contributed by atoms with Crippen LogP contribution in [0, 0.1) is 0 Å². The summed E-state index contributed by atoms with van der Waals surface area (Å²) in [6.07, 6.45) is 3.49. The van der Waals surface area contributed by atoms with Gasteiger partial charge in [-0.05, 0) is 44.4 Å². The van der Waals surface area contributed by atoms with Crippen molar-refractivity contribution in [3.63, 3.8) is 0 Å². The van der Waals surface area contributed by atoms with Crippen molar-refractivity contribution in [1.82, 2.24) is 10.6 Å². The number of carbonyl (C=O) groups excluding carboxylic acids is 3. The van der Waals surface area contributed by atoms with Crippen LogP contribution >= 0.6 is 11.8 Å². The van der Waals surface area contributed by atoms with Gasteiger partial charge in [-0.2, -0.15) is 11.8 Å². The zero-order chi connectivity index (χ0) is 17.2. The molecule has 0 saturated heterocycles. The molecule has 128 valence electrons. The first-order valence-corrected chi connectivity index (χ1v) is 8.64. The van der Waals surface area contributed by atoms with Gasteiger partial charge in [-0.25, -0.2) is 4.79 Å². The number of amides is 2. The topological polar surface area (TPSA) is 97.6 Å². The zero-order valence-corrected chi connectivity index (χ0v) is 14.3. The summed E-state index contributed by atoms with van der Waals surface area (Å²) in [6.45, 7) is 3.24. The zero-order valence-electron chi connectivity index (χ0n) is 13.5. The van der Waals surface area contributed by atoms with Gasteiger partial charge in [-0.15, -0.1) is 0 Å². The Labute approximate surface area is 139 Å². The minimum atomic E-state index is -0.724. The number of esters is 1. The quantitative estimate of drug-likeness (QED) is 0.655. The highest BCUT2D eigenvalue weighted by Crippen LogP contribution is 2.04. The maximum atomic E-state index is 12.0. The van der Waals surface area contributed by atoms with E-state index in [0.29, 0.717) is 12.2 Å². The predicted octanol–water partition coefficient (Wildman–Crippen LogP) is 1.20. The first kappa shape index (κ1) is 19.1. The number of rotatable bonds is 9. The van der Waals surface area contributed by atoms with Crippen LogP contribution in [0.4, 0.5) is 0 Å². The molecule has 0 saturated carbocycles. The number of nitrogens with one attached hydrogen (secondary N) is 2. The van der Waals surface area contributed by atoms with Gasteiger partial charge in [0.1, 0.15) is 6.04 Å². The second-order valence-electron chi connectivity index (χ2n) is 5.05. The van der Waals surface area contributed by atoms with Crippen LogP contribution in [0.25, 0.3) is 0 Å². The van der Waals surface area contributed by atoms with Gasteiger partial charge in [0, 0.05) is 0 Å². The highest BCUT2D eigenvalue weighted by Gasteiger charge is 2.23. The van der Waals surface area contributed by atoms with E-state index in [9.17, 15) is 14.4 Å². The summed E-state index contributed by atoms with van der Waals surface area (Å²) in [5.74, 6) is -0.598. The van der Waals surface area contributed by atoms with E-state index in [-0.39, 0.29) is 18.4 Å². The number of carbonyl (C=O) groups is 3. The first-order valence-electron chi connectivity index (χ1n) is 7.24. The lowest BCUT2D eigenvalue weighted by Crippen LogP contribution is -2.46. The third kappa shape index (κ3) is 7.23. The van der Waals surface area contributed by atoms with Crippen LogP contribution in [0.15, 0.2) is 22.8 Å². The highest BCUT2D eigenvalue weighted by molar-refractivity contribution is 7.98. The third-order valence-electron chi connectivity index (χ3n) is 2.74. The maximum absolute atomic E-state index is 12.0. The van der Waals surface area contributed by atoms with E-state index in [2.05, 4.69) is 10.6 Å². The van der Waals surface area contributed by atoms with Crippen LogP contribution in [0.1, 0.15) is 30.8 Å². The van der Waals surface area contributed by atoms with E-state index in [1.807, 2.05) is 6.26 Å². The fraction of sp³-hybridized carbons (Fsp3) is 0.533. The van der Waals surface area contributed by atoms with Crippen LogP contribution in [0.5, 0.6) is 0 Å². The van der Waals surface area contributed by atoms with Crippen molar-refractivity contribution in [3.05, 3.63) is 24.2 Å². The van der Waals surface area contributed by atoms with Crippen LogP contribution in [-0.4, -0.2) is 48.5 Å². The molecule has 0 radical (unpaired) electrons. The van der Waals surface area contributed by atoms with Gasteiger partial charge in [0.25, 0.3) is 5.91 Å². The Morgan fingerprint density at radius 3 is 2.65 bits per heavy atom. The van der Waals surface area contributed by atoms with E-state index < -0.39 is 23.8 Å². The normalized spacial score (nSPS) is 11.8. The minimum Gasteiger partial charge on any atom is -0.461 e. The Morgan fingerprint density at radius 1 is 1.35 bits per heavy atom. The average molecular weight is 342 g/mol. The molecule has 8 heteroatoms.